The number of ether oxygens (including phenoxy) is 1. The predicted molar refractivity (Wildman–Crippen MR) is 71.0 cm³/mol. The zero-order chi connectivity index (χ0) is 16.1. The van der Waals surface area contributed by atoms with E-state index in [-0.39, 0.29) is 40.8 Å². The quantitative estimate of drug-likeness (QED) is 0.555. The second-order valence-corrected chi connectivity index (χ2v) is 5.80. The molecule has 0 fully saturated rings. The molecule has 21 heavy (non-hydrogen) atoms. The van der Waals surface area contributed by atoms with E-state index in [1.165, 1.54) is 12.1 Å². The van der Waals surface area contributed by atoms with Gasteiger partial charge in [-0.05, 0) is 45.4 Å². The van der Waals surface area contributed by atoms with Crippen LogP contribution in [0.3, 0.4) is 0 Å². The maximum Gasteiger partial charge on any atom is 0.573 e. The van der Waals surface area contributed by atoms with Gasteiger partial charge < -0.3 is 10.1 Å². The molecule has 1 N–H and O–H groups in total. The van der Waals surface area contributed by atoms with Crippen LogP contribution >= 0.6 is 27.7 Å². The van der Waals surface area contributed by atoms with Gasteiger partial charge in [-0.3, -0.25) is 0 Å². The molecule has 0 bridgehead atoms. The van der Waals surface area contributed by atoms with E-state index in [9.17, 15) is 26.3 Å². The van der Waals surface area contributed by atoms with Crippen molar-refractivity contribution in [1.82, 2.24) is 5.32 Å². The van der Waals surface area contributed by atoms with Gasteiger partial charge in [0.2, 0.25) is 0 Å². The average Bonchev–Trinajstić information content (AvgIpc) is 2.29. The molecule has 0 radical (unpaired) electrons. The number of thioether (sulfide) groups is 1. The Balaban J connectivity index is 2.42. The van der Waals surface area contributed by atoms with E-state index in [4.69, 9.17) is 0 Å². The number of alkyl halides is 6. The van der Waals surface area contributed by atoms with Gasteiger partial charge in [0.05, 0.1) is 4.47 Å². The van der Waals surface area contributed by atoms with E-state index in [2.05, 4.69) is 26.0 Å². The van der Waals surface area contributed by atoms with Gasteiger partial charge in [0.1, 0.15) is 5.75 Å². The van der Waals surface area contributed by atoms with Crippen LogP contribution in [0.15, 0.2) is 22.7 Å². The molecule has 0 aliphatic heterocycles. The highest BCUT2D eigenvalue weighted by atomic mass is 79.9. The van der Waals surface area contributed by atoms with Crippen LogP contribution in [0.4, 0.5) is 26.3 Å². The molecular formula is C11H10BrF6NOS. The molecule has 0 atom stereocenters. The van der Waals surface area contributed by atoms with Gasteiger partial charge in [-0.25, -0.2) is 0 Å². The highest BCUT2D eigenvalue weighted by Crippen LogP contribution is 2.31. The third kappa shape index (κ3) is 8.42. The molecule has 10 heteroatoms. The Morgan fingerprint density at radius 2 is 1.81 bits per heavy atom. The van der Waals surface area contributed by atoms with E-state index in [0.29, 0.717) is 5.56 Å². The summed E-state index contributed by atoms with van der Waals surface area (Å²) in [7, 11) is 0. The molecule has 120 valence electrons. The Morgan fingerprint density at radius 1 is 1.14 bits per heavy atom. The minimum Gasteiger partial charge on any atom is -0.405 e. The van der Waals surface area contributed by atoms with Crippen LogP contribution in [-0.4, -0.2) is 24.2 Å². The van der Waals surface area contributed by atoms with Crippen LogP contribution in [-0.2, 0) is 6.54 Å². The number of halogens is 7. The Labute approximate surface area is 129 Å². The van der Waals surface area contributed by atoms with Gasteiger partial charge >= 0.3 is 11.9 Å². The monoisotopic (exact) mass is 397 g/mol. The van der Waals surface area contributed by atoms with Gasteiger partial charge in [-0.1, -0.05) is 6.07 Å². The molecule has 0 spiro atoms. The van der Waals surface area contributed by atoms with Crippen molar-refractivity contribution in [3.8, 4) is 5.75 Å². The molecule has 0 unspecified atom stereocenters. The molecule has 0 aromatic heterocycles. The van der Waals surface area contributed by atoms with E-state index in [1.807, 2.05) is 0 Å². The molecular weight excluding hydrogens is 388 g/mol. The lowest BCUT2D eigenvalue weighted by atomic mass is 10.2. The van der Waals surface area contributed by atoms with Gasteiger partial charge in [0.25, 0.3) is 0 Å². The fourth-order valence-corrected chi connectivity index (χ4v) is 2.32. The first-order valence-corrected chi connectivity index (χ1v) is 7.30. The molecule has 1 rings (SSSR count). The van der Waals surface area contributed by atoms with E-state index >= 15 is 0 Å². The molecule has 0 heterocycles. The maximum atomic E-state index is 12.1. The standard InChI is InChI=1S/C11H10BrF6NOS/c12-8-5-7(1-2-9(8)20-10(13,14)15)6-19-3-4-21-11(16,17)18/h1-2,5,19H,3-4,6H2. The predicted octanol–water partition coefficient (Wildman–Crippen LogP) is 4.69. The van der Waals surface area contributed by atoms with Crippen LogP contribution in [0.2, 0.25) is 0 Å². The summed E-state index contributed by atoms with van der Waals surface area (Å²) < 4.78 is 75.6. The molecule has 0 amide bonds. The van der Waals surface area contributed by atoms with E-state index in [1.54, 1.807) is 0 Å². The maximum absolute atomic E-state index is 12.1. The highest BCUT2D eigenvalue weighted by molar-refractivity contribution is 9.10. The molecule has 0 aliphatic carbocycles. The first-order valence-electron chi connectivity index (χ1n) is 5.52. The average molecular weight is 398 g/mol. The summed E-state index contributed by atoms with van der Waals surface area (Å²) in [4.78, 5) is 0. The molecule has 0 aliphatic rings. The van der Waals surface area contributed by atoms with Gasteiger partial charge in [0, 0.05) is 18.8 Å². The highest BCUT2D eigenvalue weighted by Gasteiger charge is 2.32. The first kappa shape index (κ1) is 18.4. The van der Waals surface area contributed by atoms with Crippen molar-refractivity contribution in [3.63, 3.8) is 0 Å². The van der Waals surface area contributed by atoms with Crippen molar-refractivity contribution in [2.45, 2.75) is 18.4 Å². The Bertz CT molecular complexity index is 465. The van der Waals surface area contributed by atoms with E-state index < -0.39 is 11.9 Å². The lowest BCUT2D eigenvalue weighted by Crippen LogP contribution is -2.19. The summed E-state index contributed by atoms with van der Waals surface area (Å²) in [6.45, 7) is 0.367. The van der Waals surface area contributed by atoms with Crippen LogP contribution in [0, 0.1) is 0 Å². The number of hydrogen-bond donors (Lipinski definition) is 1. The zero-order valence-electron chi connectivity index (χ0n) is 10.3. The van der Waals surface area contributed by atoms with Crippen LogP contribution in [0.1, 0.15) is 5.56 Å². The van der Waals surface area contributed by atoms with Crippen LogP contribution in [0.25, 0.3) is 0 Å². The van der Waals surface area contributed by atoms with Crippen LogP contribution < -0.4 is 10.1 Å². The third-order valence-corrected chi connectivity index (χ3v) is 3.45. The normalized spacial score (nSPS) is 12.5. The topological polar surface area (TPSA) is 21.3 Å². The molecule has 0 saturated carbocycles. The summed E-state index contributed by atoms with van der Waals surface area (Å²) in [5.74, 6) is -0.515. The van der Waals surface area contributed by atoms with Crippen molar-refractivity contribution in [2.24, 2.45) is 0 Å². The largest absolute Gasteiger partial charge is 0.573 e. The molecule has 1 aromatic rings. The van der Waals surface area contributed by atoms with Crippen molar-refractivity contribution in [1.29, 1.82) is 0 Å². The van der Waals surface area contributed by atoms with Gasteiger partial charge in [0.15, 0.2) is 0 Å². The number of benzene rings is 1. The van der Waals surface area contributed by atoms with Crippen molar-refractivity contribution >= 4 is 27.7 Å². The summed E-state index contributed by atoms with van der Waals surface area (Å²) in [5.41, 5.74) is -3.64. The number of rotatable bonds is 6. The zero-order valence-corrected chi connectivity index (χ0v) is 12.7. The smallest absolute Gasteiger partial charge is 0.405 e. The lowest BCUT2D eigenvalue weighted by Gasteiger charge is -2.12. The molecule has 1 aromatic carbocycles. The van der Waals surface area contributed by atoms with Gasteiger partial charge in [-0.15, -0.1) is 13.2 Å². The first-order chi connectivity index (χ1) is 9.57. The lowest BCUT2D eigenvalue weighted by molar-refractivity contribution is -0.274. The number of nitrogens with one attached hydrogen (secondary N) is 1. The summed E-state index contributed by atoms with van der Waals surface area (Å²) in [6, 6.07) is 3.94. The minimum atomic E-state index is -4.78. The second-order valence-electron chi connectivity index (χ2n) is 3.78. The SMILES string of the molecule is FC(F)(F)Oc1ccc(CNCCSC(F)(F)F)cc1Br. The van der Waals surface area contributed by atoms with Crippen molar-refractivity contribution in [3.05, 3.63) is 28.2 Å². The Morgan fingerprint density at radius 3 is 2.33 bits per heavy atom. The fraction of sp³-hybridized carbons (Fsp3) is 0.455. The van der Waals surface area contributed by atoms with Crippen molar-refractivity contribution < 1.29 is 31.1 Å². The van der Waals surface area contributed by atoms with Crippen molar-refractivity contribution in [2.75, 3.05) is 12.3 Å². The number of hydrogen-bond acceptors (Lipinski definition) is 3. The Hall–Kier alpha value is -0.610. The third-order valence-electron chi connectivity index (χ3n) is 2.10. The fourth-order valence-electron chi connectivity index (χ4n) is 1.33. The summed E-state index contributed by atoms with van der Waals surface area (Å²) >= 11 is 2.81. The molecule has 2 nitrogen and oxygen atoms in total. The summed E-state index contributed by atoms with van der Waals surface area (Å²) in [5, 5.41) is 2.76. The van der Waals surface area contributed by atoms with E-state index in [0.717, 1.165) is 6.07 Å². The van der Waals surface area contributed by atoms with Gasteiger partial charge in [-0.2, -0.15) is 13.2 Å². The van der Waals surface area contributed by atoms with Crippen LogP contribution in [0.5, 0.6) is 5.75 Å². The molecule has 0 saturated heterocycles. The summed E-state index contributed by atoms with van der Waals surface area (Å²) in [6.07, 6.45) is -4.78. The Kier molecular flexibility index (Phi) is 6.67. The minimum absolute atomic E-state index is 0.115. The second kappa shape index (κ2) is 7.59.